The zero-order valence-electron chi connectivity index (χ0n) is 9.72. The Hall–Kier alpha value is -1.00. The third kappa shape index (κ3) is 3.48. The molecule has 17 heavy (non-hydrogen) atoms. The van der Waals surface area contributed by atoms with Gasteiger partial charge in [0, 0.05) is 17.1 Å². The van der Waals surface area contributed by atoms with Gasteiger partial charge in [-0.3, -0.25) is 0 Å². The molecule has 2 aromatic rings. The average molecular weight is 265 g/mol. The lowest BCUT2D eigenvalue weighted by atomic mass is 10.3. The lowest BCUT2D eigenvalue weighted by Gasteiger charge is -2.03. The molecule has 0 bridgehead atoms. The lowest BCUT2D eigenvalue weighted by Crippen LogP contribution is -2.00. The molecule has 0 fully saturated rings. The molecule has 0 aliphatic rings. The van der Waals surface area contributed by atoms with E-state index >= 15 is 0 Å². The second-order valence-corrected chi connectivity index (χ2v) is 5.17. The first-order valence-electron chi connectivity index (χ1n) is 5.53. The number of thiazole rings is 1. The second-order valence-electron chi connectivity index (χ2n) is 3.69. The predicted molar refractivity (Wildman–Crippen MR) is 75.2 cm³/mol. The van der Waals surface area contributed by atoms with E-state index in [4.69, 9.17) is 4.74 Å². The maximum atomic E-state index is 5.64. The van der Waals surface area contributed by atoms with Gasteiger partial charge in [0.15, 0.2) is 0 Å². The van der Waals surface area contributed by atoms with Gasteiger partial charge >= 0.3 is 0 Å². The van der Waals surface area contributed by atoms with Crippen molar-refractivity contribution in [3.63, 3.8) is 0 Å². The van der Waals surface area contributed by atoms with Gasteiger partial charge in [-0.2, -0.15) is 12.6 Å². The zero-order chi connectivity index (χ0) is 12.1. The van der Waals surface area contributed by atoms with Gasteiger partial charge in [-0.25, -0.2) is 4.98 Å². The highest BCUT2D eigenvalue weighted by Gasteiger charge is 2.05. The maximum Gasteiger partial charge on any atom is 0.119 e. The summed E-state index contributed by atoms with van der Waals surface area (Å²) >= 11 is 6.01. The van der Waals surface area contributed by atoms with E-state index in [1.165, 1.54) is 4.88 Å². The summed E-state index contributed by atoms with van der Waals surface area (Å²) in [6.07, 6.45) is 0.855. The fourth-order valence-electron chi connectivity index (χ4n) is 1.51. The van der Waals surface area contributed by atoms with E-state index in [1.807, 2.05) is 37.3 Å². The Morgan fingerprint density at radius 1 is 1.29 bits per heavy atom. The van der Waals surface area contributed by atoms with Crippen molar-refractivity contribution in [1.82, 2.24) is 4.98 Å². The van der Waals surface area contributed by atoms with Crippen molar-refractivity contribution in [1.29, 1.82) is 0 Å². The molecular weight excluding hydrogens is 250 g/mol. The van der Waals surface area contributed by atoms with Gasteiger partial charge in [0.2, 0.25) is 0 Å². The van der Waals surface area contributed by atoms with Crippen LogP contribution in [0.3, 0.4) is 0 Å². The van der Waals surface area contributed by atoms with Crippen molar-refractivity contribution in [3.05, 3.63) is 45.9 Å². The summed E-state index contributed by atoms with van der Waals surface area (Å²) in [5, 5.41) is 1.13. The molecular formula is C13H15NOS2. The van der Waals surface area contributed by atoms with Crippen molar-refractivity contribution < 1.29 is 4.74 Å². The fourth-order valence-corrected chi connectivity index (χ4v) is 2.85. The van der Waals surface area contributed by atoms with Crippen molar-refractivity contribution in [2.75, 3.05) is 6.61 Å². The quantitative estimate of drug-likeness (QED) is 0.836. The van der Waals surface area contributed by atoms with E-state index in [2.05, 4.69) is 17.6 Å². The van der Waals surface area contributed by atoms with E-state index < -0.39 is 0 Å². The average Bonchev–Trinajstić information content (AvgIpc) is 2.71. The molecule has 90 valence electrons. The minimum absolute atomic E-state index is 0.670. The minimum atomic E-state index is 0.670. The Bertz CT molecular complexity index is 468. The number of aromatic nitrogens is 1. The summed E-state index contributed by atoms with van der Waals surface area (Å²) in [5.41, 5.74) is 1.10. The van der Waals surface area contributed by atoms with Crippen LogP contribution in [0.2, 0.25) is 0 Å². The van der Waals surface area contributed by atoms with Gasteiger partial charge in [-0.05, 0) is 19.1 Å². The Balaban J connectivity index is 1.86. The first-order chi connectivity index (χ1) is 8.29. The van der Waals surface area contributed by atoms with E-state index in [0.717, 1.165) is 28.6 Å². The molecule has 0 N–H and O–H groups in total. The molecule has 1 heterocycles. The predicted octanol–water partition coefficient (Wildman–Crippen LogP) is 3.50. The van der Waals surface area contributed by atoms with Crippen LogP contribution in [-0.2, 0) is 12.2 Å². The Kier molecular flexibility index (Phi) is 4.45. The van der Waals surface area contributed by atoms with Crippen LogP contribution in [0.15, 0.2) is 30.3 Å². The van der Waals surface area contributed by atoms with E-state index in [1.54, 1.807) is 11.3 Å². The van der Waals surface area contributed by atoms with E-state index in [-0.39, 0.29) is 0 Å². The summed E-state index contributed by atoms with van der Waals surface area (Å²) in [5.74, 6) is 1.68. The van der Waals surface area contributed by atoms with Crippen molar-refractivity contribution in [2.45, 2.75) is 19.1 Å². The third-order valence-electron chi connectivity index (χ3n) is 2.41. The van der Waals surface area contributed by atoms with Crippen molar-refractivity contribution in [3.8, 4) is 5.75 Å². The summed E-state index contributed by atoms with van der Waals surface area (Å²) in [4.78, 5) is 5.76. The van der Waals surface area contributed by atoms with Crippen LogP contribution in [0.25, 0.3) is 0 Å². The molecule has 0 atom stereocenters. The van der Waals surface area contributed by atoms with Crippen LogP contribution in [-0.4, -0.2) is 11.6 Å². The first-order valence-corrected chi connectivity index (χ1v) is 6.98. The molecule has 0 spiro atoms. The SMILES string of the molecule is Cc1nc(CCOc2ccccc2)sc1CS. The van der Waals surface area contributed by atoms with E-state index in [9.17, 15) is 0 Å². The molecule has 0 saturated carbocycles. The largest absolute Gasteiger partial charge is 0.493 e. The number of thiol groups is 1. The van der Waals surface area contributed by atoms with Crippen LogP contribution in [0, 0.1) is 6.92 Å². The molecule has 4 heteroatoms. The fraction of sp³-hybridized carbons (Fsp3) is 0.308. The Morgan fingerprint density at radius 2 is 2.06 bits per heavy atom. The number of ether oxygens (including phenoxy) is 1. The molecule has 1 aromatic carbocycles. The standard InChI is InChI=1S/C13H15NOS2/c1-10-12(9-16)17-13(14-10)7-8-15-11-5-3-2-4-6-11/h2-6,16H,7-9H2,1H3. The van der Waals surface area contributed by atoms with Gasteiger partial charge in [0.05, 0.1) is 17.3 Å². The molecule has 1 aromatic heterocycles. The normalized spacial score (nSPS) is 10.5. The van der Waals surface area contributed by atoms with E-state index in [0.29, 0.717) is 6.61 Å². The zero-order valence-corrected chi connectivity index (χ0v) is 11.4. The number of benzene rings is 1. The Labute approximate surface area is 111 Å². The number of rotatable bonds is 5. The number of hydrogen-bond acceptors (Lipinski definition) is 4. The second kappa shape index (κ2) is 6.07. The van der Waals surface area contributed by atoms with Crippen molar-refractivity contribution in [2.24, 2.45) is 0 Å². The van der Waals surface area contributed by atoms with Crippen LogP contribution < -0.4 is 4.74 Å². The van der Waals surface area contributed by atoms with Crippen LogP contribution in [0.4, 0.5) is 0 Å². The summed E-state index contributed by atoms with van der Waals surface area (Å²) < 4.78 is 5.64. The third-order valence-corrected chi connectivity index (χ3v) is 4.16. The van der Waals surface area contributed by atoms with Crippen LogP contribution in [0.5, 0.6) is 5.75 Å². The van der Waals surface area contributed by atoms with Crippen LogP contribution in [0.1, 0.15) is 15.6 Å². The minimum Gasteiger partial charge on any atom is -0.493 e. The lowest BCUT2D eigenvalue weighted by molar-refractivity contribution is 0.321. The number of aryl methyl sites for hydroxylation is 1. The number of nitrogens with zero attached hydrogens (tertiary/aromatic N) is 1. The van der Waals surface area contributed by atoms with Gasteiger partial charge in [0.1, 0.15) is 5.75 Å². The topological polar surface area (TPSA) is 22.1 Å². The molecule has 0 unspecified atom stereocenters. The van der Waals surface area contributed by atoms with Crippen LogP contribution >= 0.6 is 24.0 Å². The van der Waals surface area contributed by atoms with Gasteiger partial charge in [0.25, 0.3) is 0 Å². The van der Waals surface area contributed by atoms with Gasteiger partial charge < -0.3 is 4.74 Å². The monoisotopic (exact) mass is 265 g/mol. The smallest absolute Gasteiger partial charge is 0.119 e. The molecule has 0 saturated heterocycles. The summed E-state index contributed by atoms with van der Waals surface area (Å²) in [7, 11) is 0. The number of para-hydroxylation sites is 1. The Morgan fingerprint density at radius 3 is 2.71 bits per heavy atom. The highest BCUT2D eigenvalue weighted by Crippen LogP contribution is 2.20. The van der Waals surface area contributed by atoms with Gasteiger partial charge in [-0.15, -0.1) is 11.3 Å². The molecule has 0 radical (unpaired) electrons. The summed E-state index contributed by atoms with van der Waals surface area (Å²) in [6.45, 7) is 2.70. The summed E-state index contributed by atoms with van der Waals surface area (Å²) in [6, 6.07) is 9.86. The molecule has 2 rings (SSSR count). The molecule has 0 aliphatic heterocycles. The van der Waals surface area contributed by atoms with Gasteiger partial charge in [-0.1, -0.05) is 18.2 Å². The molecule has 0 aliphatic carbocycles. The first kappa shape index (κ1) is 12.5. The highest BCUT2D eigenvalue weighted by atomic mass is 32.1. The highest BCUT2D eigenvalue weighted by molar-refractivity contribution is 7.79. The molecule has 2 nitrogen and oxygen atoms in total. The van der Waals surface area contributed by atoms with Crippen molar-refractivity contribution >= 4 is 24.0 Å². The molecule has 0 amide bonds. The maximum absolute atomic E-state index is 5.64. The number of hydrogen-bond donors (Lipinski definition) is 1.